The number of carbonyl (C=O) groups excluding carboxylic acids is 1. The molecule has 6 nitrogen and oxygen atoms in total. The lowest BCUT2D eigenvalue weighted by Gasteiger charge is -2.19. The average molecular weight is 270 g/mol. The van der Waals surface area contributed by atoms with E-state index in [0.717, 1.165) is 18.2 Å². The molecular formula is C12H15FN2O4. The maximum Gasteiger partial charge on any atom is 0.271 e. The van der Waals surface area contributed by atoms with Gasteiger partial charge in [0.25, 0.3) is 5.69 Å². The summed E-state index contributed by atoms with van der Waals surface area (Å²) in [5.41, 5.74) is -1.04. The van der Waals surface area contributed by atoms with Crippen molar-refractivity contribution >= 4 is 17.3 Å². The van der Waals surface area contributed by atoms with E-state index >= 15 is 0 Å². The van der Waals surface area contributed by atoms with Crippen molar-refractivity contribution in [2.24, 2.45) is 0 Å². The molecule has 0 aromatic heterocycles. The van der Waals surface area contributed by atoms with Crippen LogP contribution in [-0.4, -0.2) is 23.0 Å². The first kappa shape index (κ1) is 15.0. The van der Waals surface area contributed by atoms with E-state index in [4.69, 9.17) is 4.74 Å². The number of nitro groups is 1. The molecule has 1 N–H and O–H groups in total. The first-order chi connectivity index (χ1) is 8.69. The highest BCUT2D eigenvalue weighted by molar-refractivity contribution is 5.92. The number of nitro benzene ring substituents is 1. The molecule has 0 heterocycles. The van der Waals surface area contributed by atoms with Crippen molar-refractivity contribution in [1.82, 2.24) is 0 Å². The van der Waals surface area contributed by atoms with Crippen LogP contribution in [0.1, 0.15) is 20.8 Å². The van der Waals surface area contributed by atoms with Crippen molar-refractivity contribution < 1.29 is 18.8 Å². The average Bonchev–Trinajstić information content (AvgIpc) is 2.28. The Morgan fingerprint density at radius 1 is 1.47 bits per heavy atom. The number of halogens is 1. The summed E-state index contributed by atoms with van der Waals surface area (Å²) < 4.78 is 18.6. The molecule has 0 spiro atoms. The summed E-state index contributed by atoms with van der Waals surface area (Å²) in [4.78, 5) is 21.4. The minimum atomic E-state index is -0.741. The van der Waals surface area contributed by atoms with Crippen LogP contribution in [0, 0.1) is 15.9 Å². The number of non-ortho nitro benzene ring substituents is 1. The molecule has 1 rings (SSSR count). The SMILES string of the molecule is CC(C)(C)OCC(=O)Nc1cc([N+](=O)[O-])ccc1F. The van der Waals surface area contributed by atoms with E-state index < -0.39 is 22.2 Å². The summed E-state index contributed by atoms with van der Waals surface area (Å²) in [7, 11) is 0. The topological polar surface area (TPSA) is 81.5 Å². The van der Waals surface area contributed by atoms with Gasteiger partial charge in [-0.3, -0.25) is 14.9 Å². The number of carbonyl (C=O) groups is 1. The number of rotatable bonds is 4. The molecule has 0 aliphatic heterocycles. The van der Waals surface area contributed by atoms with Crippen LogP contribution >= 0.6 is 0 Å². The number of nitrogens with zero attached hydrogens (tertiary/aromatic N) is 1. The first-order valence-electron chi connectivity index (χ1n) is 5.57. The van der Waals surface area contributed by atoms with Gasteiger partial charge >= 0.3 is 0 Å². The van der Waals surface area contributed by atoms with Crippen LogP contribution in [0.5, 0.6) is 0 Å². The van der Waals surface area contributed by atoms with Gasteiger partial charge < -0.3 is 10.1 Å². The van der Waals surface area contributed by atoms with Crippen molar-refractivity contribution in [3.05, 3.63) is 34.1 Å². The van der Waals surface area contributed by atoms with Crippen LogP contribution in [0.4, 0.5) is 15.8 Å². The van der Waals surface area contributed by atoms with Gasteiger partial charge in [0, 0.05) is 12.1 Å². The fourth-order valence-electron chi connectivity index (χ4n) is 1.19. The van der Waals surface area contributed by atoms with Gasteiger partial charge in [0.1, 0.15) is 12.4 Å². The van der Waals surface area contributed by atoms with E-state index in [1.807, 2.05) is 0 Å². The number of benzene rings is 1. The van der Waals surface area contributed by atoms with Crippen LogP contribution in [0.2, 0.25) is 0 Å². The van der Waals surface area contributed by atoms with Gasteiger partial charge in [0.15, 0.2) is 0 Å². The molecule has 0 fully saturated rings. The third-order valence-corrected chi connectivity index (χ3v) is 2.07. The van der Waals surface area contributed by atoms with Crippen LogP contribution in [-0.2, 0) is 9.53 Å². The van der Waals surface area contributed by atoms with Crippen LogP contribution in [0.25, 0.3) is 0 Å². The van der Waals surface area contributed by atoms with Gasteiger partial charge in [-0.1, -0.05) is 0 Å². The highest BCUT2D eigenvalue weighted by Crippen LogP contribution is 2.21. The predicted molar refractivity (Wildman–Crippen MR) is 67.4 cm³/mol. The van der Waals surface area contributed by atoms with Crippen molar-refractivity contribution in [3.63, 3.8) is 0 Å². The standard InChI is InChI=1S/C12H15FN2O4/c1-12(2,3)19-7-11(16)14-10-6-8(15(17)18)4-5-9(10)13/h4-6H,7H2,1-3H3,(H,14,16). The van der Waals surface area contributed by atoms with Crippen molar-refractivity contribution in [2.45, 2.75) is 26.4 Å². The largest absolute Gasteiger partial charge is 0.366 e. The Labute approximate surface area is 109 Å². The molecule has 104 valence electrons. The number of hydrogen-bond acceptors (Lipinski definition) is 4. The van der Waals surface area contributed by atoms with Crippen LogP contribution < -0.4 is 5.32 Å². The van der Waals surface area contributed by atoms with Crippen molar-refractivity contribution in [1.29, 1.82) is 0 Å². The van der Waals surface area contributed by atoms with Gasteiger partial charge in [-0.25, -0.2) is 4.39 Å². The smallest absolute Gasteiger partial charge is 0.271 e. The predicted octanol–water partition coefficient (Wildman–Crippen LogP) is 2.49. The Balaban J connectivity index is 2.73. The molecule has 0 unspecified atom stereocenters. The number of nitrogens with one attached hydrogen (secondary N) is 1. The summed E-state index contributed by atoms with van der Waals surface area (Å²) in [6.07, 6.45) is 0. The zero-order chi connectivity index (χ0) is 14.6. The van der Waals surface area contributed by atoms with Gasteiger partial charge in [-0.15, -0.1) is 0 Å². The fraction of sp³-hybridized carbons (Fsp3) is 0.417. The summed E-state index contributed by atoms with van der Waals surface area (Å²) in [5.74, 6) is -1.32. The molecule has 0 radical (unpaired) electrons. The second kappa shape index (κ2) is 5.75. The number of amides is 1. The molecule has 1 aromatic rings. The van der Waals surface area contributed by atoms with Gasteiger partial charge in [0.2, 0.25) is 5.91 Å². The lowest BCUT2D eigenvalue weighted by molar-refractivity contribution is -0.384. The lowest BCUT2D eigenvalue weighted by atomic mass is 10.2. The summed E-state index contributed by atoms with van der Waals surface area (Å²) in [5, 5.41) is 12.8. The fourth-order valence-corrected chi connectivity index (χ4v) is 1.19. The lowest BCUT2D eigenvalue weighted by Crippen LogP contribution is -2.27. The van der Waals surface area contributed by atoms with E-state index in [2.05, 4.69) is 5.32 Å². The molecule has 1 aromatic carbocycles. The Kier molecular flexibility index (Phi) is 4.55. The Bertz CT molecular complexity index is 497. The van der Waals surface area contributed by atoms with E-state index in [1.165, 1.54) is 0 Å². The minimum Gasteiger partial charge on any atom is -0.366 e. The minimum absolute atomic E-state index is 0.239. The zero-order valence-corrected chi connectivity index (χ0v) is 10.9. The molecule has 0 atom stereocenters. The van der Waals surface area contributed by atoms with E-state index in [1.54, 1.807) is 20.8 Å². The Morgan fingerprint density at radius 2 is 2.11 bits per heavy atom. The molecule has 0 aliphatic rings. The van der Waals surface area contributed by atoms with Crippen LogP contribution in [0.3, 0.4) is 0 Å². The van der Waals surface area contributed by atoms with Gasteiger partial charge in [-0.2, -0.15) is 0 Å². The van der Waals surface area contributed by atoms with Crippen molar-refractivity contribution in [3.8, 4) is 0 Å². The zero-order valence-electron chi connectivity index (χ0n) is 10.9. The molecule has 19 heavy (non-hydrogen) atoms. The second-order valence-corrected chi connectivity index (χ2v) is 4.87. The van der Waals surface area contributed by atoms with Gasteiger partial charge in [-0.05, 0) is 26.8 Å². The summed E-state index contributed by atoms with van der Waals surface area (Å²) >= 11 is 0. The molecular weight excluding hydrogens is 255 g/mol. The monoisotopic (exact) mass is 270 g/mol. The molecule has 0 saturated heterocycles. The molecule has 0 saturated carbocycles. The maximum absolute atomic E-state index is 13.4. The second-order valence-electron chi connectivity index (χ2n) is 4.87. The van der Waals surface area contributed by atoms with Gasteiger partial charge in [0.05, 0.1) is 16.2 Å². The summed E-state index contributed by atoms with van der Waals surface area (Å²) in [6, 6.07) is 2.92. The molecule has 0 aliphatic carbocycles. The number of anilines is 1. The Hall–Kier alpha value is -2.02. The molecule has 7 heteroatoms. The van der Waals surface area contributed by atoms with E-state index in [9.17, 15) is 19.3 Å². The summed E-state index contributed by atoms with van der Waals surface area (Å²) in [6.45, 7) is 5.06. The van der Waals surface area contributed by atoms with Crippen molar-refractivity contribution in [2.75, 3.05) is 11.9 Å². The molecule has 1 amide bonds. The first-order valence-corrected chi connectivity index (χ1v) is 5.57. The van der Waals surface area contributed by atoms with E-state index in [0.29, 0.717) is 0 Å². The third-order valence-electron chi connectivity index (χ3n) is 2.07. The highest BCUT2D eigenvalue weighted by atomic mass is 19.1. The van der Waals surface area contributed by atoms with E-state index in [-0.39, 0.29) is 18.0 Å². The highest BCUT2D eigenvalue weighted by Gasteiger charge is 2.16. The number of ether oxygens (including phenoxy) is 1. The quantitative estimate of drug-likeness (QED) is 0.673. The number of hydrogen-bond donors (Lipinski definition) is 1. The third kappa shape index (κ3) is 5.01. The Morgan fingerprint density at radius 3 is 2.63 bits per heavy atom. The molecule has 0 bridgehead atoms. The normalized spacial score (nSPS) is 11.2. The maximum atomic E-state index is 13.4. The van der Waals surface area contributed by atoms with Crippen LogP contribution in [0.15, 0.2) is 18.2 Å².